The molecule has 0 unspecified atom stereocenters. The van der Waals surface area contributed by atoms with E-state index in [0.717, 1.165) is 32.6 Å². The second kappa shape index (κ2) is 5.97. The lowest BCUT2D eigenvalue weighted by molar-refractivity contribution is 0.296. The number of hydrogen-bond donors (Lipinski definition) is 1. The fraction of sp³-hybridized carbons (Fsp3) is 0.538. The minimum absolute atomic E-state index is 0.150. The van der Waals surface area contributed by atoms with Gasteiger partial charge in [-0.15, -0.1) is 0 Å². The van der Waals surface area contributed by atoms with Gasteiger partial charge < -0.3 is 10.2 Å². The van der Waals surface area contributed by atoms with Crippen molar-refractivity contribution in [1.29, 1.82) is 0 Å². The minimum Gasteiger partial charge on any atom is -0.315 e. The van der Waals surface area contributed by atoms with Gasteiger partial charge in [0.15, 0.2) is 0 Å². The minimum atomic E-state index is -0.150. The third-order valence-electron chi connectivity index (χ3n) is 3.06. The SMILES string of the molecule is Fc1ccc(CCN2CCCNCC2)cc1. The maximum atomic E-state index is 12.7. The molecule has 16 heavy (non-hydrogen) atoms. The predicted octanol–water partition coefficient (Wildman–Crippen LogP) is 1.66. The summed E-state index contributed by atoms with van der Waals surface area (Å²) in [7, 11) is 0. The van der Waals surface area contributed by atoms with Gasteiger partial charge >= 0.3 is 0 Å². The van der Waals surface area contributed by atoms with E-state index in [4.69, 9.17) is 0 Å². The fourth-order valence-corrected chi connectivity index (χ4v) is 2.06. The van der Waals surface area contributed by atoms with Crippen LogP contribution in [-0.2, 0) is 6.42 Å². The summed E-state index contributed by atoms with van der Waals surface area (Å²) in [6, 6.07) is 6.84. The van der Waals surface area contributed by atoms with Crippen molar-refractivity contribution in [2.24, 2.45) is 0 Å². The summed E-state index contributed by atoms with van der Waals surface area (Å²) in [6.45, 7) is 5.60. The second-order valence-electron chi connectivity index (χ2n) is 4.32. The molecule has 1 aliphatic heterocycles. The molecule has 0 spiro atoms. The van der Waals surface area contributed by atoms with E-state index in [1.54, 1.807) is 12.1 Å². The zero-order valence-corrected chi connectivity index (χ0v) is 9.58. The van der Waals surface area contributed by atoms with Crippen molar-refractivity contribution in [3.05, 3.63) is 35.6 Å². The Morgan fingerprint density at radius 3 is 2.75 bits per heavy atom. The Hall–Kier alpha value is -0.930. The molecule has 1 aromatic rings. The lowest BCUT2D eigenvalue weighted by Crippen LogP contribution is -2.30. The molecule has 0 atom stereocenters. The van der Waals surface area contributed by atoms with Crippen LogP contribution in [0, 0.1) is 5.82 Å². The predicted molar refractivity (Wildman–Crippen MR) is 64.0 cm³/mol. The molecule has 0 radical (unpaired) electrons. The molecule has 1 saturated heterocycles. The maximum Gasteiger partial charge on any atom is 0.123 e. The second-order valence-corrected chi connectivity index (χ2v) is 4.32. The molecular weight excluding hydrogens is 203 g/mol. The zero-order chi connectivity index (χ0) is 11.2. The van der Waals surface area contributed by atoms with Gasteiger partial charge in [-0.25, -0.2) is 4.39 Å². The molecule has 88 valence electrons. The smallest absolute Gasteiger partial charge is 0.123 e. The Bertz CT molecular complexity index is 302. The highest BCUT2D eigenvalue weighted by molar-refractivity contribution is 5.16. The average Bonchev–Trinajstić information content (AvgIpc) is 2.57. The fourth-order valence-electron chi connectivity index (χ4n) is 2.06. The highest BCUT2D eigenvalue weighted by atomic mass is 19.1. The van der Waals surface area contributed by atoms with Crippen molar-refractivity contribution in [1.82, 2.24) is 10.2 Å². The Morgan fingerprint density at radius 1 is 1.12 bits per heavy atom. The van der Waals surface area contributed by atoms with E-state index >= 15 is 0 Å². The third kappa shape index (κ3) is 3.58. The van der Waals surface area contributed by atoms with Crippen LogP contribution in [0.15, 0.2) is 24.3 Å². The van der Waals surface area contributed by atoms with E-state index in [1.165, 1.54) is 18.5 Å². The Morgan fingerprint density at radius 2 is 1.94 bits per heavy atom. The highest BCUT2D eigenvalue weighted by Gasteiger charge is 2.07. The largest absolute Gasteiger partial charge is 0.315 e. The van der Waals surface area contributed by atoms with Gasteiger partial charge in [0.05, 0.1) is 0 Å². The quantitative estimate of drug-likeness (QED) is 0.837. The van der Waals surface area contributed by atoms with E-state index in [1.807, 2.05) is 12.1 Å². The van der Waals surface area contributed by atoms with Gasteiger partial charge in [0.2, 0.25) is 0 Å². The van der Waals surface area contributed by atoms with Crippen molar-refractivity contribution >= 4 is 0 Å². The van der Waals surface area contributed by atoms with Crippen LogP contribution in [0.2, 0.25) is 0 Å². The summed E-state index contributed by atoms with van der Waals surface area (Å²) in [5.74, 6) is -0.150. The molecule has 0 amide bonds. The lowest BCUT2D eigenvalue weighted by atomic mass is 10.1. The molecule has 0 bridgehead atoms. The first-order valence-electron chi connectivity index (χ1n) is 6.02. The van der Waals surface area contributed by atoms with Crippen LogP contribution in [0.1, 0.15) is 12.0 Å². The number of rotatable bonds is 3. The van der Waals surface area contributed by atoms with Crippen LogP contribution >= 0.6 is 0 Å². The van der Waals surface area contributed by atoms with Crippen LogP contribution in [0.4, 0.5) is 4.39 Å². The molecule has 2 rings (SSSR count). The van der Waals surface area contributed by atoms with Gasteiger partial charge in [-0.3, -0.25) is 0 Å². The number of nitrogens with zero attached hydrogens (tertiary/aromatic N) is 1. The van der Waals surface area contributed by atoms with E-state index in [9.17, 15) is 4.39 Å². The van der Waals surface area contributed by atoms with E-state index in [2.05, 4.69) is 10.2 Å². The van der Waals surface area contributed by atoms with Gasteiger partial charge in [0.1, 0.15) is 5.82 Å². The van der Waals surface area contributed by atoms with E-state index in [0.29, 0.717) is 0 Å². The molecule has 0 aromatic heterocycles. The van der Waals surface area contributed by atoms with Gasteiger partial charge in [0.25, 0.3) is 0 Å². The summed E-state index contributed by atoms with van der Waals surface area (Å²) in [4.78, 5) is 2.48. The number of benzene rings is 1. The summed E-state index contributed by atoms with van der Waals surface area (Å²) in [6.07, 6.45) is 2.24. The van der Waals surface area contributed by atoms with E-state index < -0.39 is 0 Å². The van der Waals surface area contributed by atoms with Gasteiger partial charge in [-0.2, -0.15) is 0 Å². The number of nitrogens with one attached hydrogen (secondary N) is 1. The van der Waals surface area contributed by atoms with Crippen LogP contribution in [-0.4, -0.2) is 37.6 Å². The molecule has 0 aliphatic carbocycles. The topological polar surface area (TPSA) is 15.3 Å². The van der Waals surface area contributed by atoms with Crippen LogP contribution < -0.4 is 5.32 Å². The van der Waals surface area contributed by atoms with Gasteiger partial charge in [-0.05, 0) is 43.6 Å². The average molecular weight is 222 g/mol. The molecule has 3 heteroatoms. The molecule has 0 saturated carbocycles. The molecule has 2 nitrogen and oxygen atoms in total. The molecule has 1 aromatic carbocycles. The first kappa shape index (κ1) is 11.6. The van der Waals surface area contributed by atoms with Gasteiger partial charge in [-0.1, -0.05) is 12.1 Å². The van der Waals surface area contributed by atoms with Gasteiger partial charge in [0, 0.05) is 19.6 Å². The van der Waals surface area contributed by atoms with Crippen LogP contribution in [0.25, 0.3) is 0 Å². The zero-order valence-electron chi connectivity index (χ0n) is 9.58. The third-order valence-corrected chi connectivity index (χ3v) is 3.06. The Kier molecular flexibility index (Phi) is 4.31. The highest BCUT2D eigenvalue weighted by Crippen LogP contribution is 2.05. The van der Waals surface area contributed by atoms with Crippen LogP contribution in [0.5, 0.6) is 0 Å². The summed E-state index contributed by atoms with van der Waals surface area (Å²) < 4.78 is 12.7. The van der Waals surface area contributed by atoms with Crippen molar-refractivity contribution in [3.8, 4) is 0 Å². The summed E-state index contributed by atoms with van der Waals surface area (Å²) >= 11 is 0. The molecule has 1 heterocycles. The van der Waals surface area contributed by atoms with Crippen molar-refractivity contribution in [2.75, 3.05) is 32.7 Å². The standard InChI is InChI=1S/C13H19FN2/c14-13-4-2-12(3-5-13)6-10-16-9-1-7-15-8-11-16/h2-5,15H,1,6-11H2. The number of hydrogen-bond acceptors (Lipinski definition) is 2. The van der Waals surface area contributed by atoms with Crippen molar-refractivity contribution < 1.29 is 4.39 Å². The molecule has 1 N–H and O–H groups in total. The summed E-state index contributed by atoms with van der Waals surface area (Å²) in [5.41, 5.74) is 1.22. The molecule has 1 aliphatic rings. The molecule has 1 fully saturated rings. The Balaban J connectivity index is 1.79. The first-order chi connectivity index (χ1) is 7.84. The monoisotopic (exact) mass is 222 g/mol. The first-order valence-corrected chi connectivity index (χ1v) is 6.02. The lowest BCUT2D eigenvalue weighted by Gasteiger charge is -2.19. The summed E-state index contributed by atoms with van der Waals surface area (Å²) in [5, 5.41) is 3.39. The maximum absolute atomic E-state index is 12.7. The van der Waals surface area contributed by atoms with Crippen molar-refractivity contribution in [2.45, 2.75) is 12.8 Å². The van der Waals surface area contributed by atoms with Crippen LogP contribution in [0.3, 0.4) is 0 Å². The Labute approximate surface area is 96.5 Å². The number of halogens is 1. The normalized spacial score (nSPS) is 18.3. The van der Waals surface area contributed by atoms with E-state index in [-0.39, 0.29) is 5.82 Å². The van der Waals surface area contributed by atoms with Crippen molar-refractivity contribution in [3.63, 3.8) is 0 Å². The molecular formula is C13H19FN2.